The van der Waals surface area contributed by atoms with Gasteiger partial charge in [-0.15, -0.1) is 11.6 Å². The van der Waals surface area contributed by atoms with E-state index < -0.39 is 13.8 Å². The van der Waals surface area contributed by atoms with E-state index in [0.29, 0.717) is 6.42 Å². The minimum Gasteiger partial charge on any atom is -0.211 e. The maximum absolute atomic E-state index is 10.5. The van der Waals surface area contributed by atoms with Crippen LogP contribution in [0.15, 0.2) is 0 Å². The molecule has 0 saturated heterocycles. The zero-order valence-electron chi connectivity index (χ0n) is 5.68. The fourth-order valence-electron chi connectivity index (χ4n) is 0.505. The monoisotopic (exact) mass is 204 g/mol. The fourth-order valence-corrected chi connectivity index (χ4v) is 1.38. The molecule has 10 heavy (non-hydrogen) atoms. The SMILES string of the molecule is CCCCC(Cl)S(=O)(=O)Cl. The molecule has 0 aliphatic rings. The van der Waals surface area contributed by atoms with Crippen molar-refractivity contribution in [1.82, 2.24) is 0 Å². The molecule has 1 unspecified atom stereocenters. The van der Waals surface area contributed by atoms with Crippen LogP contribution in [0, 0.1) is 0 Å². The number of unbranched alkanes of at least 4 members (excludes halogenated alkanes) is 1. The molecule has 0 bridgehead atoms. The minimum absolute atomic E-state index is 0.434. The quantitative estimate of drug-likeness (QED) is 0.521. The van der Waals surface area contributed by atoms with Crippen LogP contribution in [-0.4, -0.2) is 13.1 Å². The molecule has 0 amide bonds. The third-order valence-electron chi connectivity index (χ3n) is 1.09. The van der Waals surface area contributed by atoms with Crippen LogP contribution in [0.4, 0.5) is 0 Å². The highest BCUT2D eigenvalue weighted by Crippen LogP contribution is 2.17. The third kappa shape index (κ3) is 4.36. The van der Waals surface area contributed by atoms with Crippen LogP contribution in [0.1, 0.15) is 26.2 Å². The first-order valence-electron chi connectivity index (χ1n) is 3.06. The minimum atomic E-state index is -3.54. The maximum Gasteiger partial charge on any atom is 0.249 e. The van der Waals surface area contributed by atoms with Gasteiger partial charge >= 0.3 is 0 Å². The van der Waals surface area contributed by atoms with Crippen LogP contribution in [-0.2, 0) is 9.05 Å². The molecule has 0 aliphatic carbocycles. The predicted octanol–water partition coefficient (Wildman–Crippen LogP) is 2.31. The van der Waals surface area contributed by atoms with E-state index in [1.807, 2.05) is 6.92 Å². The molecule has 2 nitrogen and oxygen atoms in total. The summed E-state index contributed by atoms with van der Waals surface area (Å²) in [7, 11) is 1.42. The van der Waals surface area contributed by atoms with Crippen molar-refractivity contribution in [3.8, 4) is 0 Å². The van der Waals surface area contributed by atoms with E-state index in [0.717, 1.165) is 12.8 Å². The summed E-state index contributed by atoms with van der Waals surface area (Å²) >= 11 is 5.42. The maximum atomic E-state index is 10.5. The molecule has 0 heterocycles. The average Bonchev–Trinajstić information content (AvgIpc) is 1.80. The Hall–Kier alpha value is 0.530. The molecule has 62 valence electrons. The van der Waals surface area contributed by atoms with Gasteiger partial charge in [0.25, 0.3) is 0 Å². The lowest BCUT2D eigenvalue weighted by Crippen LogP contribution is -2.07. The standard InChI is InChI=1S/C5H10Cl2O2S/c1-2-3-4-5(6)10(7,8)9/h5H,2-4H2,1H3. The summed E-state index contributed by atoms with van der Waals surface area (Å²) in [6, 6.07) is 0. The molecule has 0 aliphatic heterocycles. The lowest BCUT2D eigenvalue weighted by molar-refractivity contribution is 0.599. The van der Waals surface area contributed by atoms with Crippen LogP contribution in [0.2, 0.25) is 0 Å². The molecule has 0 aromatic heterocycles. The number of halogens is 2. The Bertz CT molecular complexity index is 176. The number of rotatable bonds is 4. The van der Waals surface area contributed by atoms with Gasteiger partial charge in [0.2, 0.25) is 9.05 Å². The first-order valence-corrected chi connectivity index (χ1v) is 5.87. The Balaban J connectivity index is 3.75. The summed E-state index contributed by atoms with van der Waals surface area (Å²) in [5.41, 5.74) is 0. The zero-order valence-corrected chi connectivity index (χ0v) is 8.01. The van der Waals surface area contributed by atoms with Gasteiger partial charge in [0.15, 0.2) is 0 Å². The van der Waals surface area contributed by atoms with Crippen LogP contribution in [0.3, 0.4) is 0 Å². The number of hydrogen-bond acceptors (Lipinski definition) is 2. The van der Waals surface area contributed by atoms with Gasteiger partial charge in [-0.1, -0.05) is 19.8 Å². The molecule has 0 saturated carbocycles. The summed E-state index contributed by atoms with van der Waals surface area (Å²) in [5, 5.41) is 0. The Morgan fingerprint density at radius 1 is 1.50 bits per heavy atom. The summed E-state index contributed by atoms with van der Waals surface area (Å²) in [6.45, 7) is 1.96. The van der Waals surface area contributed by atoms with Gasteiger partial charge in [0.05, 0.1) is 0 Å². The van der Waals surface area contributed by atoms with Crippen molar-refractivity contribution >= 4 is 31.3 Å². The van der Waals surface area contributed by atoms with Crippen molar-refractivity contribution in [2.45, 2.75) is 30.9 Å². The second-order valence-electron chi connectivity index (χ2n) is 2.03. The fraction of sp³-hybridized carbons (Fsp3) is 1.00. The van der Waals surface area contributed by atoms with Crippen molar-refractivity contribution in [3.63, 3.8) is 0 Å². The number of hydrogen-bond donors (Lipinski definition) is 0. The van der Waals surface area contributed by atoms with Crippen LogP contribution >= 0.6 is 22.3 Å². The first-order chi connectivity index (χ1) is 4.48. The Morgan fingerprint density at radius 3 is 2.30 bits per heavy atom. The van der Waals surface area contributed by atoms with Crippen molar-refractivity contribution in [2.24, 2.45) is 0 Å². The van der Waals surface area contributed by atoms with E-state index in [1.54, 1.807) is 0 Å². The molecule has 0 fully saturated rings. The van der Waals surface area contributed by atoms with E-state index in [-0.39, 0.29) is 0 Å². The highest BCUT2D eigenvalue weighted by Gasteiger charge is 2.18. The van der Waals surface area contributed by atoms with Crippen molar-refractivity contribution in [1.29, 1.82) is 0 Å². The second-order valence-corrected chi connectivity index (χ2v) is 5.62. The summed E-state index contributed by atoms with van der Waals surface area (Å²) < 4.78 is 20.0. The van der Waals surface area contributed by atoms with Gasteiger partial charge < -0.3 is 0 Å². The molecule has 5 heteroatoms. The highest BCUT2D eigenvalue weighted by atomic mass is 35.7. The molecule has 0 spiro atoms. The molecule has 0 aromatic rings. The van der Waals surface area contributed by atoms with Gasteiger partial charge in [0, 0.05) is 10.7 Å². The summed E-state index contributed by atoms with van der Waals surface area (Å²) in [4.78, 5) is 0. The van der Waals surface area contributed by atoms with Crippen molar-refractivity contribution < 1.29 is 8.42 Å². The van der Waals surface area contributed by atoms with Crippen LogP contribution < -0.4 is 0 Å². The Labute approximate surface area is 70.9 Å². The summed E-state index contributed by atoms with van der Waals surface area (Å²) in [5.74, 6) is 0. The molecule has 0 radical (unpaired) electrons. The zero-order chi connectivity index (χ0) is 8.20. The highest BCUT2D eigenvalue weighted by molar-refractivity contribution is 8.15. The van der Waals surface area contributed by atoms with Gasteiger partial charge in [-0.25, -0.2) is 8.42 Å². The molecule has 0 aromatic carbocycles. The van der Waals surface area contributed by atoms with E-state index in [9.17, 15) is 8.42 Å². The Morgan fingerprint density at radius 2 is 2.00 bits per heavy atom. The summed E-state index contributed by atoms with van der Waals surface area (Å²) in [6.07, 6.45) is 2.15. The van der Waals surface area contributed by atoms with Gasteiger partial charge in [-0.2, -0.15) is 0 Å². The van der Waals surface area contributed by atoms with Crippen LogP contribution in [0.5, 0.6) is 0 Å². The van der Waals surface area contributed by atoms with E-state index >= 15 is 0 Å². The van der Waals surface area contributed by atoms with Crippen molar-refractivity contribution in [3.05, 3.63) is 0 Å². The lowest BCUT2D eigenvalue weighted by Gasteiger charge is -2.02. The van der Waals surface area contributed by atoms with Gasteiger partial charge in [-0.05, 0) is 6.42 Å². The third-order valence-corrected chi connectivity index (χ3v) is 3.78. The first kappa shape index (κ1) is 10.5. The molecule has 0 rings (SSSR count). The molecule has 1 atom stereocenters. The van der Waals surface area contributed by atoms with Crippen molar-refractivity contribution in [2.75, 3.05) is 0 Å². The van der Waals surface area contributed by atoms with Gasteiger partial charge in [0.1, 0.15) is 4.71 Å². The van der Waals surface area contributed by atoms with Crippen LogP contribution in [0.25, 0.3) is 0 Å². The normalized spacial score (nSPS) is 15.1. The molecule has 0 N–H and O–H groups in total. The molecular formula is C5H10Cl2O2S. The predicted molar refractivity (Wildman–Crippen MR) is 43.9 cm³/mol. The van der Waals surface area contributed by atoms with Gasteiger partial charge in [-0.3, -0.25) is 0 Å². The lowest BCUT2D eigenvalue weighted by atomic mass is 10.3. The van der Waals surface area contributed by atoms with E-state index in [1.165, 1.54) is 0 Å². The van der Waals surface area contributed by atoms with E-state index in [2.05, 4.69) is 0 Å². The second kappa shape index (κ2) is 4.42. The Kier molecular flexibility index (Phi) is 4.65. The molecular weight excluding hydrogens is 195 g/mol. The average molecular weight is 205 g/mol. The largest absolute Gasteiger partial charge is 0.249 e. The van der Waals surface area contributed by atoms with E-state index in [4.69, 9.17) is 22.3 Å². The topological polar surface area (TPSA) is 34.1 Å². The number of alkyl halides is 1. The smallest absolute Gasteiger partial charge is 0.211 e.